The molecule has 0 aromatic heterocycles. The third-order valence-electron chi connectivity index (χ3n) is 19.1. The average molecular weight is 779 g/mol. The lowest BCUT2D eigenvalue weighted by Gasteiger charge is -2.58. The van der Waals surface area contributed by atoms with E-state index in [1.54, 1.807) is 19.4 Å². The Morgan fingerprint density at radius 2 is 1.24 bits per heavy atom. The highest BCUT2D eigenvalue weighted by atomic mass is 31.2. The van der Waals surface area contributed by atoms with E-state index in [-0.39, 0.29) is 52.0 Å². The Kier molecular flexibility index (Phi) is 10.6. The molecule has 1 N–H and O–H groups in total. The largest absolute Gasteiger partial charge is 0.472 e. The normalized spacial score (nSPS) is 47.6. The molecule has 0 heterocycles. The number of carbonyl (C=O) groups excluding carboxylic acids is 3. The minimum Gasteiger partial charge on any atom is -0.302 e. The van der Waals surface area contributed by atoms with E-state index in [2.05, 4.69) is 39.8 Å². The van der Waals surface area contributed by atoms with Gasteiger partial charge in [0.25, 0.3) is 0 Å². The number of hydrogen-bond acceptors (Lipinski definition) is 6. The maximum Gasteiger partial charge on any atom is 0.472 e. The van der Waals surface area contributed by atoms with E-state index < -0.39 is 13.7 Å². The minimum atomic E-state index is -4.34. The fourth-order valence-electron chi connectivity index (χ4n) is 16.0. The van der Waals surface area contributed by atoms with E-state index in [1.807, 2.05) is 6.92 Å². The minimum absolute atomic E-state index is 0.0687. The number of hydrogen-bond donors (Lipinski definition) is 1. The molecule has 6 fully saturated rings. The molecule has 16 atom stereocenters. The summed E-state index contributed by atoms with van der Waals surface area (Å²) in [6, 6.07) is 0. The molecule has 0 amide bonds. The van der Waals surface area contributed by atoms with E-state index in [9.17, 15) is 23.8 Å². The fraction of sp³-hybridized carbons (Fsp3) is 0.851. The summed E-state index contributed by atoms with van der Waals surface area (Å²) in [5, 5.41) is 0. The number of phosphoric ester groups is 1. The molecular formula is C47H71O7P. The molecule has 8 heteroatoms. The van der Waals surface area contributed by atoms with Gasteiger partial charge in [-0.2, -0.15) is 0 Å². The van der Waals surface area contributed by atoms with Crippen LogP contribution in [0.4, 0.5) is 0 Å². The first-order valence-electron chi connectivity index (χ1n) is 22.5. The van der Waals surface area contributed by atoms with Gasteiger partial charge >= 0.3 is 7.82 Å². The second kappa shape index (κ2) is 14.4. The molecule has 55 heavy (non-hydrogen) atoms. The van der Waals surface area contributed by atoms with Crippen LogP contribution >= 0.6 is 7.82 Å². The third-order valence-corrected chi connectivity index (χ3v) is 20.1. The molecule has 306 valence electrons. The van der Waals surface area contributed by atoms with Crippen LogP contribution in [0, 0.1) is 80.8 Å². The van der Waals surface area contributed by atoms with Crippen LogP contribution in [0.3, 0.4) is 0 Å². The second-order valence-electron chi connectivity index (χ2n) is 21.5. The van der Waals surface area contributed by atoms with Crippen LogP contribution in [-0.2, 0) is 28.0 Å². The van der Waals surface area contributed by atoms with Crippen molar-refractivity contribution < 1.29 is 32.9 Å². The van der Waals surface area contributed by atoms with Gasteiger partial charge in [-0.3, -0.25) is 23.4 Å². The molecular weight excluding hydrogens is 707 g/mol. The van der Waals surface area contributed by atoms with Crippen molar-refractivity contribution in [2.45, 2.75) is 164 Å². The van der Waals surface area contributed by atoms with Gasteiger partial charge in [0.05, 0.1) is 12.7 Å². The zero-order valence-electron chi connectivity index (χ0n) is 35.1. The van der Waals surface area contributed by atoms with Crippen LogP contribution in [0.25, 0.3) is 0 Å². The molecule has 0 aliphatic heterocycles. The van der Waals surface area contributed by atoms with Crippen molar-refractivity contribution in [2.24, 2.45) is 80.8 Å². The van der Waals surface area contributed by atoms with Gasteiger partial charge < -0.3 is 4.89 Å². The lowest BCUT2D eigenvalue weighted by molar-refractivity contribution is -0.128. The number of allylic oxidation sites excluding steroid dienone is 3. The zero-order valence-corrected chi connectivity index (χ0v) is 36.0. The summed E-state index contributed by atoms with van der Waals surface area (Å²) in [6.07, 6.45) is 21.7. The summed E-state index contributed by atoms with van der Waals surface area (Å²) in [7, 11) is -4.34. The van der Waals surface area contributed by atoms with E-state index in [0.29, 0.717) is 72.3 Å². The topological polar surface area (TPSA) is 107 Å². The highest BCUT2D eigenvalue weighted by Gasteiger charge is 2.61. The molecule has 6 saturated carbocycles. The van der Waals surface area contributed by atoms with Crippen LogP contribution in [0.15, 0.2) is 23.3 Å². The number of carbonyl (C=O) groups is 3. The number of fused-ring (bicyclic) bond motifs is 10. The summed E-state index contributed by atoms with van der Waals surface area (Å²) in [4.78, 5) is 49.5. The van der Waals surface area contributed by atoms with Crippen LogP contribution in [0.2, 0.25) is 0 Å². The first-order chi connectivity index (χ1) is 25.9. The van der Waals surface area contributed by atoms with Crippen LogP contribution < -0.4 is 0 Å². The van der Waals surface area contributed by atoms with Crippen molar-refractivity contribution >= 4 is 25.2 Å². The first kappa shape index (κ1) is 40.4. The third kappa shape index (κ3) is 6.72. The van der Waals surface area contributed by atoms with Crippen molar-refractivity contribution in [3.05, 3.63) is 23.3 Å². The fourth-order valence-corrected chi connectivity index (χ4v) is 17.0. The molecule has 0 aromatic rings. The molecule has 0 spiro atoms. The lowest BCUT2D eigenvalue weighted by Crippen LogP contribution is -2.51. The average Bonchev–Trinajstić information content (AvgIpc) is 3.68. The van der Waals surface area contributed by atoms with Crippen molar-refractivity contribution in [3.8, 4) is 0 Å². The first-order valence-corrected chi connectivity index (χ1v) is 24.0. The lowest BCUT2D eigenvalue weighted by atomic mass is 9.46. The van der Waals surface area contributed by atoms with Gasteiger partial charge in [0.15, 0.2) is 0 Å². The predicted molar refractivity (Wildman–Crippen MR) is 215 cm³/mol. The highest BCUT2D eigenvalue weighted by Crippen LogP contribution is 2.68. The van der Waals surface area contributed by atoms with E-state index in [0.717, 1.165) is 77.0 Å². The standard InChI is InChI=1S/C47H71O7P/c1-28(43(50)25-31-16-20-44(4)32(24-31)8-10-35-39-14-12-37(29(2)48)46(39,6)22-18-41(35)44)27-53-55(51,52)54-34-17-21-45(5)33(26-34)9-11-36-40-15-13-38(30(3)49)47(40,7)23-19-42(36)45/h8-9,28,31,34-42H,10-27H2,1-7H3,(H,51,52). The van der Waals surface area contributed by atoms with Gasteiger partial charge in [0.1, 0.15) is 17.3 Å². The number of Topliss-reactive ketones (excluding diaryl/α,β-unsaturated/α-hetero) is 3. The Labute approximate surface area is 331 Å². The number of phosphoric acid groups is 1. The molecule has 8 aliphatic rings. The Bertz CT molecular complexity index is 1680. The molecule has 16 unspecified atom stereocenters. The zero-order chi connectivity index (χ0) is 39.3. The molecule has 0 saturated heterocycles. The number of ketones is 3. The van der Waals surface area contributed by atoms with Crippen molar-refractivity contribution in [2.75, 3.05) is 6.61 Å². The summed E-state index contributed by atoms with van der Waals surface area (Å²) in [5.74, 6) is 4.87. The van der Waals surface area contributed by atoms with Crippen LogP contribution in [-0.4, -0.2) is 35.0 Å². The second-order valence-corrected chi connectivity index (χ2v) is 22.9. The summed E-state index contributed by atoms with van der Waals surface area (Å²) in [6.45, 7) is 15.0. The number of rotatable bonds is 10. The summed E-state index contributed by atoms with van der Waals surface area (Å²) >= 11 is 0. The van der Waals surface area contributed by atoms with Gasteiger partial charge in [-0.25, -0.2) is 4.57 Å². The molecule has 8 aliphatic carbocycles. The van der Waals surface area contributed by atoms with E-state index in [4.69, 9.17) is 9.05 Å². The van der Waals surface area contributed by atoms with E-state index >= 15 is 0 Å². The highest BCUT2D eigenvalue weighted by molar-refractivity contribution is 7.47. The molecule has 7 nitrogen and oxygen atoms in total. The van der Waals surface area contributed by atoms with Crippen LogP contribution in [0.5, 0.6) is 0 Å². The van der Waals surface area contributed by atoms with Gasteiger partial charge in [-0.15, -0.1) is 0 Å². The van der Waals surface area contributed by atoms with Crippen molar-refractivity contribution in [3.63, 3.8) is 0 Å². The van der Waals surface area contributed by atoms with Gasteiger partial charge in [-0.1, -0.05) is 57.9 Å². The quantitative estimate of drug-likeness (QED) is 0.174. The monoisotopic (exact) mass is 778 g/mol. The Morgan fingerprint density at radius 3 is 1.76 bits per heavy atom. The van der Waals surface area contributed by atoms with Crippen LogP contribution in [0.1, 0.15) is 158 Å². The van der Waals surface area contributed by atoms with Crippen molar-refractivity contribution in [1.82, 2.24) is 0 Å². The molecule has 8 rings (SSSR count). The Balaban J connectivity index is 0.823. The maximum absolute atomic E-state index is 13.5. The van der Waals surface area contributed by atoms with Gasteiger partial charge in [-0.05, 0) is 180 Å². The Morgan fingerprint density at radius 1 is 0.727 bits per heavy atom. The smallest absolute Gasteiger partial charge is 0.302 e. The molecule has 0 aromatic carbocycles. The van der Waals surface area contributed by atoms with Gasteiger partial charge in [0.2, 0.25) is 0 Å². The van der Waals surface area contributed by atoms with E-state index in [1.165, 1.54) is 18.4 Å². The molecule has 0 bridgehead atoms. The Hall–Kier alpha value is -1.40. The molecule has 0 radical (unpaired) electrons. The predicted octanol–water partition coefficient (Wildman–Crippen LogP) is 11.0. The SMILES string of the molecule is CC(=O)C1CCC2C3CC=C4CC(CC(=O)C(C)COP(=O)(O)OC5CCC6(C)C(=CCC7C6CCC6(C)C(C(C)=O)CCC76)C5)CCC4(C)C3CCC12C. The van der Waals surface area contributed by atoms with Crippen molar-refractivity contribution in [1.29, 1.82) is 0 Å². The summed E-state index contributed by atoms with van der Waals surface area (Å²) in [5.41, 5.74) is 3.46. The maximum atomic E-state index is 13.5. The summed E-state index contributed by atoms with van der Waals surface area (Å²) < 4.78 is 24.7. The van der Waals surface area contributed by atoms with Gasteiger partial charge in [0, 0.05) is 24.2 Å².